The van der Waals surface area contributed by atoms with Crippen molar-refractivity contribution in [3.05, 3.63) is 59.7 Å². The summed E-state index contributed by atoms with van der Waals surface area (Å²) in [5.74, 6) is 0.496. The molecule has 0 saturated heterocycles. The Balaban J connectivity index is 1.59. The van der Waals surface area contributed by atoms with E-state index < -0.39 is 10.0 Å². The third-order valence-corrected chi connectivity index (χ3v) is 5.67. The lowest BCUT2D eigenvalue weighted by Crippen LogP contribution is -2.34. The molecule has 1 aliphatic rings. The number of fused-ring (bicyclic) bond motifs is 1. The monoisotopic (exact) mass is 390 g/mol. The SMILES string of the molecule is COCCNS(=O)(=O)c1cccc(C(=O)NCC2Cc3ccccc3O2)c1. The summed E-state index contributed by atoms with van der Waals surface area (Å²) in [6.07, 6.45) is 0.600. The Morgan fingerprint density at radius 2 is 2.04 bits per heavy atom. The number of para-hydroxylation sites is 1. The number of amides is 1. The van der Waals surface area contributed by atoms with Gasteiger partial charge in [0.05, 0.1) is 18.0 Å². The Kier molecular flexibility index (Phi) is 6.10. The molecule has 0 aliphatic carbocycles. The zero-order valence-electron chi connectivity index (χ0n) is 15.0. The van der Waals surface area contributed by atoms with Crippen LogP contribution in [0.4, 0.5) is 0 Å². The molecule has 0 aromatic heterocycles. The van der Waals surface area contributed by atoms with Crippen LogP contribution in [-0.2, 0) is 21.2 Å². The van der Waals surface area contributed by atoms with Crippen molar-refractivity contribution in [2.45, 2.75) is 17.4 Å². The van der Waals surface area contributed by atoms with Crippen LogP contribution >= 0.6 is 0 Å². The molecule has 0 radical (unpaired) electrons. The van der Waals surface area contributed by atoms with Crippen molar-refractivity contribution in [2.24, 2.45) is 0 Å². The Morgan fingerprint density at radius 1 is 1.22 bits per heavy atom. The third kappa shape index (κ3) is 4.85. The second-order valence-electron chi connectivity index (χ2n) is 6.18. The summed E-state index contributed by atoms with van der Waals surface area (Å²) in [4.78, 5) is 12.4. The number of nitrogens with one attached hydrogen (secondary N) is 2. The molecule has 0 saturated carbocycles. The van der Waals surface area contributed by atoms with E-state index in [4.69, 9.17) is 9.47 Å². The predicted octanol–water partition coefficient (Wildman–Crippen LogP) is 1.34. The average Bonchev–Trinajstić information content (AvgIpc) is 3.09. The summed E-state index contributed by atoms with van der Waals surface area (Å²) < 4.78 is 37.6. The predicted molar refractivity (Wildman–Crippen MR) is 100 cm³/mol. The van der Waals surface area contributed by atoms with Gasteiger partial charge in [-0.25, -0.2) is 13.1 Å². The molecule has 2 aromatic rings. The molecule has 1 amide bonds. The van der Waals surface area contributed by atoms with Gasteiger partial charge < -0.3 is 14.8 Å². The zero-order chi connectivity index (χ0) is 19.3. The number of hydrogen-bond acceptors (Lipinski definition) is 5. The fourth-order valence-electron chi connectivity index (χ4n) is 2.84. The summed E-state index contributed by atoms with van der Waals surface area (Å²) in [7, 11) is -2.20. The topological polar surface area (TPSA) is 93.7 Å². The number of carbonyl (C=O) groups is 1. The largest absolute Gasteiger partial charge is 0.488 e. The first-order chi connectivity index (χ1) is 13.0. The molecule has 8 heteroatoms. The van der Waals surface area contributed by atoms with Crippen LogP contribution in [0.3, 0.4) is 0 Å². The first-order valence-electron chi connectivity index (χ1n) is 8.61. The minimum absolute atomic E-state index is 0.0378. The van der Waals surface area contributed by atoms with Gasteiger partial charge in [0.15, 0.2) is 0 Å². The maximum atomic E-state index is 12.4. The van der Waals surface area contributed by atoms with Crippen LogP contribution in [-0.4, -0.2) is 47.2 Å². The highest BCUT2D eigenvalue weighted by atomic mass is 32.2. The number of methoxy groups -OCH3 is 1. The van der Waals surface area contributed by atoms with Gasteiger partial charge in [0.25, 0.3) is 5.91 Å². The van der Waals surface area contributed by atoms with Crippen LogP contribution in [0.15, 0.2) is 53.4 Å². The molecule has 1 atom stereocenters. The van der Waals surface area contributed by atoms with Crippen LogP contribution < -0.4 is 14.8 Å². The maximum absolute atomic E-state index is 12.4. The normalized spacial score (nSPS) is 15.8. The zero-order valence-corrected chi connectivity index (χ0v) is 15.8. The summed E-state index contributed by atoms with van der Waals surface area (Å²) in [5.41, 5.74) is 1.40. The van der Waals surface area contributed by atoms with Gasteiger partial charge in [-0.2, -0.15) is 0 Å². The van der Waals surface area contributed by atoms with Gasteiger partial charge in [-0.15, -0.1) is 0 Å². The molecule has 0 bridgehead atoms. The summed E-state index contributed by atoms with van der Waals surface area (Å²) >= 11 is 0. The lowest BCUT2D eigenvalue weighted by atomic mass is 10.1. The van der Waals surface area contributed by atoms with E-state index in [1.54, 1.807) is 12.1 Å². The summed E-state index contributed by atoms with van der Waals surface area (Å²) in [6.45, 7) is 0.772. The smallest absolute Gasteiger partial charge is 0.251 e. The molecule has 0 spiro atoms. The molecular weight excluding hydrogens is 368 g/mol. The minimum Gasteiger partial charge on any atom is -0.488 e. The standard InChI is InChI=1S/C19H22N2O5S/c1-25-10-9-21-27(23,24)17-7-4-6-15(12-17)19(22)20-13-16-11-14-5-2-3-8-18(14)26-16/h2-8,12,16,21H,9-11,13H2,1H3,(H,20,22). The van der Waals surface area contributed by atoms with E-state index in [-0.39, 0.29) is 35.6 Å². The fraction of sp³-hybridized carbons (Fsp3) is 0.316. The molecule has 1 heterocycles. The summed E-state index contributed by atoms with van der Waals surface area (Å²) in [6, 6.07) is 13.7. The molecule has 2 N–H and O–H groups in total. The molecule has 1 unspecified atom stereocenters. The first-order valence-corrected chi connectivity index (χ1v) is 10.1. The number of hydrogen-bond donors (Lipinski definition) is 2. The molecule has 0 fully saturated rings. The lowest BCUT2D eigenvalue weighted by Gasteiger charge is -2.12. The van der Waals surface area contributed by atoms with E-state index in [0.29, 0.717) is 6.54 Å². The van der Waals surface area contributed by atoms with E-state index in [9.17, 15) is 13.2 Å². The van der Waals surface area contributed by atoms with Crippen molar-refractivity contribution in [1.82, 2.24) is 10.0 Å². The Morgan fingerprint density at radius 3 is 2.81 bits per heavy atom. The molecular formula is C19H22N2O5S. The molecule has 2 aromatic carbocycles. The van der Waals surface area contributed by atoms with Gasteiger partial charge >= 0.3 is 0 Å². The number of rotatable bonds is 8. The highest BCUT2D eigenvalue weighted by Gasteiger charge is 2.23. The van der Waals surface area contributed by atoms with E-state index >= 15 is 0 Å². The Hall–Kier alpha value is -2.42. The van der Waals surface area contributed by atoms with Crippen LogP contribution in [0.25, 0.3) is 0 Å². The van der Waals surface area contributed by atoms with E-state index in [0.717, 1.165) is 17.7 Å². The second kappa shape index (κ2) is 8.51. The molecule has 27 heavy (non-hydrogen) atoms. The van der Waals surface area contributed by atoms with Crippen molar-refractivity contribution >= 4 is 15.9 Å². The van der Waals surface area contributed by atoms with Crippen molar-refractivity contribution < 1.29 is 22.7 Å². The van der Waals surface area contributed by atoms with Crippen LogP contribution in [0.2, 0.25) is 0 Å². The van der Waals surface area contributed by atoms with Gasteiger partial charge in [0.2, 0.25) is 10.0 Å². The fourth-order valence-corrected chi connectivity index (χ4v) is 3.90. The van der Waals surface area contributed by atoms with Crippen LogP contribution in [0.5, 0.6) is 5.75 Å². The minimum atomic E-state index is -3.69. The molecule has 3 rings (SSSR count). The lowest BCUT2D eigenvalue weighted by molar-refractivity contribution is 0.0933. The first kappa shape index (κ1) is 19.3. The van der Waals surface area contributed by atoms with Crippen molar-refractivity contribution in [2.75, 3.05) is 26.8 Å². The van der Waals surface area contributed by atoms with Gasteiger partial charge in [-0.3, -0.25) is 4.79 Å². The molecule has 144 valence electrons. The van der Waals surface area contributed by atoms with E-state index in [1.807, 2.05) is 24.3 Å². The van der Waals surface area contributed by atoms with Crippen molar-refractivity contribution in [3.63, 3.8) is 0 Å². The number of ether oxygens (including phenoxy) is 2. The van der Waals surface area contributed by atoms with E-state index in [1.165, 1.54) is 19.2 Å². The van der Waals surface area contributed by atoms with Crippen LogP contribution in [0.1, 0.15) is 15.9 Å². The van der Waals surface area contributed by atoms with E-state index in [2.05, 4.69) is 10.0 Å². The van der Waals surface area contributed by atoms with Crippen LogP contribution in [0, 0.1) is 0 Å². The summed E-state index contributed by atoms with van der Waals surface area (Å²) in [5, 5.41) is 2.81. The van der Waals surface area contributed by atoms with Crippen molar-refractivity contribution in [1.29, 1.82) is 0 Å². The highest BCUT2D eigenvalue weighted by molar-refractivity contribution is 7.89. The van der Waals surface area contributed by atoms with Crippen molar-refractivity contribution in [3.8, 4) is 5.75 Å². The number of carbonyl (C=O) groups excluding carboxylic acids is 1. The van der Waals surface area contributed by atoms with Gasteiger partial charge in [-0.05, 0) is 29.8 Å². The third-order valence-electron chi connectivity index (χ3n) is 4.21. The van der Waals surface area contributed by atoms with Gasteiger partial charge in [0.1, 0.15) is 11.9 Å². The quantitative estimate of drug-likeness (QED) is 0.664. The van der Waals surface area contributed by atoms with Gasteiger partial charge in [0, 0.05) is 25.6 Å². The molecule has 7 nitrogen and oxygen atoms in total. The highest BCUT2D eigenvalue weighted by Crippen LogP contribution is 2.27. The Bertz CT molecular complexity index is 889. The molecule has 1 aliphatic heterocycles. The second-order valence-corrected chi connectivity index (χ2v) is 7.95. The average molecular weight is 390 g/mol. The number of sulfonamides is 1. The Labute approximate surface area is 158 Å². The maximum Gasteiger partial charge on any atom is 0.251 e. The number of benzene rings is 2. The van der Waals surface area contributed by atoms with Gasteiger partial charge in [-0.1, -0.05) is 24.3 Å².